The van der Waals surface area contributed by atoms with Gasteiger partial charge >= 0.3 is 0 Å². The number of hydrogen-bond acceptors (Lipinski definition) is 4. The van der Waals surface area contributed by atoms with E-state index in [1.807, 2.05) is 44.2 Å². The Morgan fingerprint density at radius 3 is 2.63 bits per heavy atom. The third-order valence-corrected chi connectivity index (χ3v) is 2.82. The quantitative estimate of drug-likeness (QED) is 0.914. The van der Waals surface area contributed by atoms with E-state index in [-0.39, 0.29) is 6.04 Å². The van der Waals surface area contributed by atoms with Crippen molar-refractivity contribution in [3.8, 4) is 17.4 Å². The summed E-state index contributed by atoms with van der Waals surface area (Å²) in [7, 11) is 1.62. The average molecular weight is 258 g/mol. The Bertz CT molecular complexity index is 568. The molecule has 1 atom stereocenters. The van der Waals surface area contributed by atoms with Gasteiger partial charge in [-0.3, -0.25) is 0 Å². The van der Waals surface area contributed by atoms with Crippen molar-refractivity contribution in [3.05, 3.63) is 47.7 Å². The fourth-order valence-corrected chi connectivity index (χ4v) is 1.74. The van der Waals surface area contributed by atoms with Crippen LogP contribution in [0.1, 0.15) is 24.1 Å². The molecule has 1 aromatic carbocycles. The predicted octanol–water partition coefficient (Wildman–Crippen LogP) is 3.21. The minimum absolute atomic E-state index is 0.0507. The highest BCUT2D eigenvalue weighted by Gasteiger charge is 2.08. The number of nitrogens with zero attached hydrogens (tertiary/aromatic N) is 1. The van der Waals surface area contributed by atoms with E-state index in [1.165, 1.54) is 0 Å². The van der Waals surface area contributed by atoms with Gasteiger partial charge in [-0.2, -0.15) is 0 Å². The minimum Gasteiger partial charge on any atom is -0.493 e. The molecule has 0 amide bonds. The number of pyridine rings is 1. The third-order valence-electron chi connectivity index (χ3n) is 2.82. The Morgan fingerprint density at radius 2 is 1.95 bits per heavy atom. The van der Waals surface area contributed by atoms with Gasteiger partial charge in [-0.25, -0.2) is 4.98 Å². The maximum Gasteiger partial charge on any atom is 0.219 e. The van der Waals surface area contributed by atoms with E-state index in [4.69, 9.17) is 15.2 Å². The molecular formula is C15H18N2O2. The predicted molar refractivity (Wildman–Crippen MR) is 74.6 cm³/mol. The highest BCUT2D eigenvalue weighted by Crippen LogP contribution is 2.31. The van der Waals surface area contributed by atoms with Crippen molar-refractivity contribution in [1.82, 2.24) is 4.98 Å². The van der Waals surface area contributed by atoms with Gasteiger partial charge in [0, 0.05) is 18.3 Å². The summed E-state index contributed by atoms with van der Waals surface area (Å²) in [4.78, 5) is 4.18. The second-order valence-corrected chi connectivity index (χ2v) is 4.47. The zero-order chi connectivity index (χ0) is 13.8. The Kier molecular flexibility index (Phi) is 4.02. The van der Waals surface area contributed by atoms with Gasteiger partial charge in [-0.15, -0.1) is 0 Å². The normalized spacial score (nSPS) is 12.0. The Morgan fingerprint density at radius 1 is 1.16 bits per heavy atom. The van der Waals surface area contributed by atoms with Crippen molar-refractivity contribution in [2.45, 2.75) is 19.9 Å². The van der Waals surface area contributed by atoms with Crippen molar-refractivity contribution in [2.75, 3.05) is 7.11 Å². The lowest BCUT2D eigenvalue weighted by Gasteiger charge is -2.11. The lowest BCUT2D eigenvalue weighted by molar-refractivity contribution is 0.373. The van der Waals surface area contributed by atoms with E-state index in [0.29, 0.717) is 17.4 Å². The van der Waals surface area contributed by atoms with Crippen molar-refractivity contribution < 1.29 is 9.47 Å². The second kappa shape index (κ2) is 5.71. The Hall–Kier alpha value is -2.07. The van der Waals surface area contributed by atoms with E-state index < -0.39 is 0 Å². The van der Waals surface area contributed by atoms with Crippen LogP contribution >= 0.6 is 0 Å². The topological polar surface area (TPSA) is 57.4 Å². The van der Waals surface area contributed by atoms with Crippen LogP contribution in [-0.4, -0.2) is 12.1 Å². The molecule has 0 aliphatic rings. The molecule has 0 spiro atoms. The van der Waals surface area contributed by atoms with Crippen LogP contribution in [0.15, 0.2) is 36.5 Å². The first-order valence-corrected chi connectivity index (χ1v) is 6.14. The molecule has 0 saturated carbocycles. The molecule has 2 aromatic rings. The molecule has 100 valence electrons. The maximum absolute atomic E-state index is 5.84. The standard InChI is InChI=1S/C15H18N2O2/c1-10-4-5-13(14(8-10)18-3)19-15-9-12(11(2)16)6-7-17-15/h4-9,11H,16H2,1-3H3/t11-/m1/s1. The highest BCUT2D eigenvalue weighted by molar-refractivity contribution is 5.44. The van der Waals surface area contributed by atoms with Crippen LogP contribution in [0, 0.1) is 6.92 Å². The molecule has 0 radical (unpaired) electrons. The van der Waals surface area contributed by atoms with E-state index >= 15 is 0 Å². The van der Waals surface area contributed by atoms with Gasteiger partial charge in [0.2, 0.25) is 5.88 Å². The summed E-state index contributed by atoms with van der Waals surface area (Å²) in [5, 5.41) is 0. The first-order chi connectivity index (χ1) is 9.10. The molecule has 0 unspecified atom stereocenters. The van der Waals surface area contributed by atoms with Gasteiger partial charge in [-0.05, 0) is 43.2 Å². The summed E-state index contributed by atoms with van der Waals surface area (Å²) in [6.07, 6.45) is 1.69. The molecule has 19 heavy (non-hydrogen) atoms. The Balaban J connectivity index is 2.28. The van der Waals surface area contributed by atoms with Crippen molar-refractivity contribution >= 4 is 0 Å². The third kappa shape index (κ3) is 3.23. The molecule has 0 aliphatic carbocycles. The van der Waals surface area contributed by atoms with Crippen LogP contribution < -0.4 is 15.2 Å². The van der Waals surface area contributed by atoms with Crippen LogP contribution in [0.4, 0.5) is 0 Å². The van der Waals surface area contributed by atoms with Gasteiger partial charge in [0.15, 0.2) is 11.5 Å². The molecular weight excluding hydrogens is 240 g/mol. The summed E-state index contributed by atoms with van der Waals surface area (Å²) in [6.45, 7) is 3.92. The molecule has 2 rings (SSSR count). The van der Waals surface area contributed by atoms with Crippen LogP contribution in [0.3, 0.4) is 0 Å². The van der Waals surface area contributed by atoms with Crippen molar-refractivity contribution in [1.29, 1.82) is 0 Å². The number of ether oxygens (including phenoxy) is 2. The van der Waals surface area contributed by atoms with Gasteiger partial charge in [0.25, 0.3) is 0 Å². The van der Waals surface area contributed by atoms with Crippen LogP contribution in [0.5, 0.6) is 17.4 Å². The van der Waals surface area contributed by atoms with E-state index in [1.54, 1.807) is 13.3 Å². The first kappa shape index (κ1) is 13.4. The number of rotatable bonds is 4. The number of benzene rings is 1. The minimum atomic E-state index is -0.0507. The van der Waals surface area contributed by atoms with Gasteiger partial charge in [0.05, 0.1) is 7.11 Å². The zero-order valence-electron chi connectivity index (χ0n) is 11.4. The lowest BCUT2D eigenvalue weighted by atomic mass is 10.1. The number of methoxy groups -OCH3 is 1. The second-order valence-electron chi connectivity index (χ2n) is 4.47. The molecule has 1 aromatic heterocycles. The van der Waals surface area contributed by atoms with Crippen molar-refractivity contribution in [2.24, 2.45) is 5.73 Å². The van der Waals surface area contributed by atoms with E-state index in [0.717, 1.165) is 11.1 Å². The fraction of sp³-hybridized carbons (Fsp3) is 0.267. The number of nitrogens with two attached hydrogens (primary N) is 1. The van der Waals surface area contributed by atoms with Crippen molar-refractivity contribution in [3.63, 3.8) is 0 Å². The maximum atomic E-state index is 5.84. The highest BCUT2D eigenvalue weighted by atomic mass is 16.5. The smallest absolute Gasteiger partial charge is 0.219 e. The summed E-state index contributed by atoms with van der Waals surface area (Å²) in [5.74, 6) is 1.84. The zero-order valence-corrected chi connectivity index (χ0v) is 11.4. The number of aromatic nitrogens is 1. The van der Waals surface area contributed by atoms with E-state index in [2.05, 4.69) is 4.98 Å². The lowest BCUT2D eigenvalue weighted by Crippen LogP contribution is -2.05. The summed E-state index contributed by atoms with van der Waals surface area (Å²) < 4.78 is 11.1. The van der Waals surface area contributed by atoms with Gasteiger partial charge in [0.1, 0.15) is 0 Å². The summed E-state index contributed by atoms with van der Waals surface area (Å²) >= 11 is 0. The summed E-state index contributed by atoms with van der Waals surface area (Å²) in [6, 6.07) is 9.42. The molecule has 1 heterocycles. The first-order valence-electron chi connectivity index (χ1n) is 6.14. The molecule has 4 nitrogen and oxygen atoms in total. The van der Waals surface area contributed by atoms with Gasteiger partial charge < -0.3 is 15.2 Å². The monoisotopic (exact) mass is 258 g/mol. The van der Waals surface area contributed by atoms with Gasteiger partial charge in [-0.1, -0.05) is 6.07 Å². The molecule has 0 saturated heterocycles. The molecule has 4 heteroatoms. The van der Waals surface area contributed by atoms with Crippen LogP contribution in [-0.2, 0) is 0 Å². The largest absolute Gasteiger partial charge is 0.493 e. The molecule has 0 aliphatic heterocycles. The Labute approximate surface area is 113 Å². The fourth-order valence-electron chi connectivity index (χ4n) is 1.74. The molecule has 0 bridgehead atoms. The van der Waals surface area contributed by atoms with E-state index in [9.17, 15) is 0 Å². The average Bonchev–Trinajstić information content (AvgIpc) is 2.41. The number of aryl methyl sites for hydroxylation is 1. The molecule has 0 fully saturated rings. The van der Waals surface area contributed by atoms with Crippen LogP contribution in [0.2, 0.25) is 0 Å². The SMILES string of the molecule is COc1cc(C)ccc1Oc1cc([C@@H](C)N)ccn1. The summed E-state index contributed by atoms with van der Waals surface area (Å²) in [5.41, 5.74) is 7.94. The molecule has 2 N–H and O–H groups in total. The van der Waals surface area contributed by atoms with Crippen LogP contribution in [0.25, 0.3) is 0 Å². The number of hydrogen-bond donors (Lipinski definition) is 1.